The van der Waals surface area contributed by atoms with Gasteiger partial charge < -0.3 is 0 Å². The van der Waals surface area contributed by atoms with E-state index in [-0.39, 0.29) is 0 Å². The Balaban J connectivity index is 0.000000347. The van der Waals surface area contributed by atoms with Crippen LogP contribution in [0.15, 0.2) is 48.5 Å². The Kier molecular flexibility index (Phi) is 6.27. The molecule has 0 heterocycles. The first kappa shape index (κ1) is 16.8. The van der Waals surface area contributed by atoms with Gasteiger partial charge in [0.15, 0.2) is 0 Å². The summed E-state index contributed by atoms with van der Waals surface area (Å²) in [7, 11) is 0.774. The van der Waals surface area contributed by atoms with Crippen molar-refractivity contribution in [1.29, 1.82) is 0 Å². The zero-order valence-electron chi connectivity index (χ0n) is 11.2. The molecule has 0 spiro atoms. The molecule has 0 atom stereocenters. The first-order valence-corrected chi connectivity index (χ1v) is 9.03. The second-order valence-corrected chi connectivity index (χ2v) is 6.93. The van der Waals surface area contributed by atoms with Gasteiger partial charge in [0, 0.05) is 0 Å². The van der Waals surface area contributed by atoms with Gasteiger partial charge in [-0.05, 0) is 13.8 Å². The van der Waals surface area contributed by atoms with E-state index >= 15 is 0 Å². The van der Waals surface area contributed by atoms with Crippen molar-refractivity contribution in [1.82, 2.24) is 0 Å². The van der Waals surface area contributed by atoms with E-state index in [0.29, 0.717) is 0 Å². The maximum absolute atomic E-state index is 8.82. The fraction of sp³-hybridized carbons (Fsp3) is 0.143. The van der Waals surface area contributed by atoms with Crippen molar-refractivity contribution in [2.75, 3.05) is 0 Å². The van der Waals surface area contributed by atoms with E-state index in [0.717, 1.165) is 9.52 Å². The predicted octanol–water partition coefficient (Wildman–Crippen LogP) is 0.604. The van der Waals surface area contributed by atoms with Crippen LogP contribution in [0, 0.1) is 13.8 Å². The third-order valence-corrected chi connectivity index (χ3v) is 4.22. The average Bonchev–Trinajstić information content (AvgIpc) is 2.33. The molecule has 0 saturated carbocycles. The Hall–Kier alpha value is -1.29. The molecule has 0 unspecified atom stereocenters. The zero-order chi connectivity index (χ0) is 15.2. The summed E-state index contributed by atoms with van der Waals surface area (Å²) in [4.78, 5) is 0. The first-order chi connectivity index (χ1) is 9.27. The van der Waals surface area contributed by atoms with Crippen molar-refractivity contribution in [3.8, 4) is 0 Å². The van der Waals surface area contributed by atoms with Crippen LogP contribution in [-0.2, 0) is 21.2 Å². The van der Waals surface area contributed by atoms with Crippen LogP contribution in [0.25, 0.3) is 0 Å². The Morgan fingerprint density at radius 1 is 0.800 bits per heavy atom. The Morgan fingerprint density at radius 2 is 1.10 bits per heavy atom. The predicted molar refractivity (Wildman–Crippen MR) is 73.2 cm³/mol. The van der Waals surface area contributed by atoms with Crippen molar-refractivity contribution in [3.63, 3.8) is 0 Å². The maximum atomic E-state index is 8.82. The molecule has 106 valence electrons. The molecule has 20 heavy (non-hydrogen) atoms. The van der Waals surface area contributed by atoms with E-state index in [1.54, 1.807) is 0 Å². The van der Waals surface area contributed by atoms with Crippen molar-refractivity contribution in [2.45, 2.75) is 13.8 Å². The molecular formula is C14H16CrO4Si. The summed E-state index contributed by atoms with van der Waals surface area (Å²) in [6, 6.07) is 17.2. The van der Waals surface area contributed by atoms with Gasteiger partial charge in [0.25, 0.3) is 0 Å². The van der Waals surface area contributed by atoms with Gasteiger partial charge >= 0.3 is 29.5 Å². The molecule has 2 rings (SSSR count). The van der Waals surface area contributed by atoms with Gasteiger partial charge in [-0.2, -0.15) is 0 Å². The molecule has 0 saturated heterocycles. The molecular weight excluding hydrogens is 312 g/mol. The van der Waals surface area contributed by atoms with Gasteiger partial charge in [0.2, 0.25) is 0 Å². The summed E-state index contributed by atoms with van der Waals surface area (Å²) < 4.78 is 31.9. The summed E-state index contributed by atoms with van der Waals surface area (Å²) in [6.45, 7) is 4.36. The summed E-state index contributed by atoms with van der Waals surface area (Å²) in [5.41, 5.74) is 2.78. The molecule has 0 aliphatic rings. The standard InChI is InChI=1S/C14H14Si.Cr.2H2O.2O/c1-11-7-3-5-9-13(11)15-14-10-6-4-8-12(14)2;;;;;/h3-10H,1-2H3;;2*1H2;;/q;+2;;;;/p-2. The van der Waals surface area contributed by atoms with E-state index in [4.69, 9.17) is 15.9 Å². The molecule has 2 N–H and O–H groups in total. The number of hydrogen-bond donors (Lipinski definition) is 2. The second-order valence-electron chi connectivity index (χ2n) is 4.20. The van der Waals surface area contributed by atoms with E-state index < -0.39 is 13.6 Å². The van der Waals surface area contributed by atoms with Crippen molar-refractivity contribution in [3.05, 3.63) is 59.7 Å². The van der Waals surface area contributed by atoms with Crippen molar-refractivity contribution < 1.29 is 29.5 Å². The molecule has 2 aromatic carbocycles. The van der Waals surface area contributed by atoms with E-state index in [1.807, 2.05) is 0 Å². The number of rotatable bonds is 2. The molecule has 0 aromatic heterocycles. The monoisotopic (exact) mass is 328 g/mol. The Bertz CT molecular complexity index is 617. The molecule has 0 amide bonds. The van der Waals surface area contributed by atoms with E-state index in [2.05, 4.69) is 62.4 Å². The van der Waals surface area contributed by atoms with Crippen LogP contribution in [0.2, 0.25) is 0 Å². The topological polar surface area (TPSA) is 74.6 Å². The first-order valence-electron chi connectivity index (χ1n) is 5.85. The third-order valence-electron chi connectivity index (χ3n) is 2.56. The third kappa shape index (κ3) is 6.75. The fourth-order valence-corrected chi connectivity index (χ4v) is 2.78. The normalized spacial score (nSPS) is 10.6. The van der Waals surface area contributed by atoms with E-state index in [9.17, 15) is 0 Å². The van der Waals surface area contributed by atoms with Crippen LogP contribution in [0.3, 0.4) is 0 Å². The molecule has 4 nitrogen and oxygen atoms in total. The molecule has 2 aromatic rings. The summed E-state index contributed by atoms with van der Waals surface area (Å²) in [5.74, 6) is 0. The minimum atomic E-state index is -5.25. The van der Waals surface area contributed by atoms with Crippen molar-refractivity contribution >= 4 is 19.9 Å². The molecule has 2 radical (unpaired) electrons. The fourth-order valence-electron chi connectivity index (χ4n) is 1.57. The molecule has 0 bridgehead atoms. The van der Waals surface area contributed by atoms with Gasteiger partial charge in [-0.1, -0.05) is 70.0 Å². The Labute approximate surface area is 123 Å². The zero-order valence-corrected chi connectivity index (χ0v) is 13.5. The van der Waals surface area contributed by atoms with Crippen molar-refractivity contribution in [2.24, 2.45) is 0 Å². The van der Waals surface area contributed by atoms with Crippen LogP contribution in [0.4, 0.5) is 0 Å². The van der Waals surface area contributed by atoms with E-state index in [1.165, 1.54) is 21.5 Å². The van der Waals surface area contributed by atoms with Gasteiger partial charge in [0.05, 0.1) is 0 Å². The number of benzene rings is 2. The van der Waals surface area contributed by atoms with Crippen LogP contribution in [0.1, 0.15) is 11.1 Å². The average molecular weight is 328 g/mol. The molecule has 0 fully saturated rings. The van der Waals surface area contributed by atoms with Gasteiger partial charge in [0.1, 0.15) is 9.52 Å². The molecule has 6 heteroatoms. The molecule has 0 aliphatic carbocycles. The quantitative estimate of drug-likeness (QED) is 0.792. The summed E-state index contributed by atoms with van der Waals surface area (Å²) in [5, 5.41) is 2.90. The molecule has 0 aliphatic heterocycles. The number of hydrogen-bond acceptors (Lipinski definition) is 2. The van der Waals surface area contributed by atoms with Crippen LogP contribution < -0.4 is 10.4 Å². The summed E-state index contributed by atoms with van der Waals surface area (Å²) >= 11 is -5.25. The van der Waals surface area contributed by atoms with Crippen LogP contribution >= 0.6 is 0 Å². The van der Waals surface area contributed by atoms with Gasteiger partial charge in [-0.15, -0.1) is 0 Å². The summed E-state index contributed by atoms with van der Waals surface area (Å²) in [6.07, 6.45) is 0. The number of aryl methyl sites for hydroxylation is 2. The van der Waals surface area contributed by atoms with Gasteiger partial charge in [-0.3, -0.25) is 0 Å². The van der Waals surface area contributed by atoms with Gasteiger partial charge in [-0.25, -0.2) is 0 Å². The van der Waals surface area contributed by atoms with Crippen LogP contribution in [0.5, 0.6) is 0 Å². The van der Waals surface area contributed by atoms with Crippen LogP contribution in [-0.4, -0.2) is 17.8 Å². The Morgan fingerprint density at radius 3 is 1.40 bits per heavy atom. The SMILES string of the molecule is Cc1ccccc1[Si]c1ccccc1C.[O]=[Cr](=[O])([OH])[OH]. The second kappa shape index (κ2) is 7.48. The minimum absolute atomic E-state index is 0.774.